The van der Waals surface area contributed by atoms with Gasteiger partial charge in [0.2, 0.25) is 11.8 Å². The predicted octanol–water partition coefficient (Wildman–Crippen LogP) is -2.48. The molecule has 0 bridgehead atoms. The summed E-state index contributed by atoms with van der Waals surface area (Å²) < 4.78 is 10.7. The van der Waals surface area contributed by atoms with E-state index in [0.717, 1.165) is 0 Å². The van der Waals surface area contributed by atoms with Crippen molar-refractivity contribution in [2.24, 2.45) is 0 Å². The highest BCUT2D eigenvalue weighted by molar-refractivity contribution is 7.80. The van der Waals surface area contributed by atoms with Crippen LogP contribution in [-0.4, -0.2) is 68.1 Å². The van der Waals surface area contributed by atoms with Crippen LogP contribution < -0.4 is 15.7 Å². The smallest absolute Gasteiger partial charge is 0.401 e. The molecular formula is C10H18N3O9PS. The normalized spacial score (nSPS) is 13.6. The second kappa shape index (κ2) is 10.3. The molecule has 2 atom stereocenters. The lowest BCUT2D eigenvalue weighted by Crippen LogP contribution is -2.49. The number of carboxylic acid groups (broad SMARTS) is 2. The first-order chi connectivity index (χ1) is 11.0. The van der Waals surface area contributed by atoms with Gasteiger partial charge in [-0.15, -0.1) is 0 Å². The summed E-state index contributed by atoms with van der Waals surface area (Å²) in [6.07, 6.45) is -0.886. The van der Waals surface area contributed by atoms with Crippen LogP contribution in [0.4, 0.5) is 0 Å². The molecule has 0 radical (unpaired) electrons. The summed E-state index contributed by atoms with van der Waals surface area (Å²) in [6.45, 7) is -0.647. The minimum Gasteiger partial charge on any atom is -0.480 e. The van der Waals surface area contributed by atoms with Crippen molar-refractivity contribution in [3.63, 3.8) is 0 Å². The van der Waals surface area contributed by atoms with Gasteiger partial charge in [0.05, 0.1) is 0 Å². The lowest BCUT2D eigenvalue weighted by molar-refractivity contribution is -0.139. The average molecular weight is 387 g/mol. The lowest BCUT2D eigenvalue weighted by Gasteiger charge is -2.17. The number of rotatable bonds is 11. The Bertz CT molecular complexity index is 538. The van der Waals surface area contributed by atoms with Crippen LogP contribution in [0.1, 0.15) is 12.8 Å². The van der Waals surface area contributed by atoms with Crippen molar-refractivity contribution < 1.29 is 43.7 Å². The van der Waals surface area contributed by atoms with Gasteiger partial charge in [-0.1, -0.05) is 0 Å². The molecule has 7 N–H and O–H groups in total. The van der Waals surface area contributed by atoms with Crippen LogP contribution in [0.2, 0.25) is 0 Å². The SMILES string of the molecule is O=C(O)CNC(=O)[C@H](CS)NC(=O)CC[C@H](NP(=O)(O)O)C(=O)O. The molecule has 14 heteroatoms. The van der Waals surface area contributed by atoms with Crippen molar-refractivity contribution in [2.45, 2.75) is 24.9 Å². The quantitative estimate of drug-likeness (QED) is 0.138. The van der Waals surface area contributed by atoms with Crippen molar-refractivity contribution in [1.29, 1.82) is 0 Å². The molecule has 0 aromatic rings. The molecule has 24 heavy (non-hydrogen) atoms. The highest BCUT2D eigenvalue weighted by atomic mass is 32.1. The van der Waals surface area contributed by atoms with Gasteiger partial charge in [-0.05, 0) is 6.42 Å². The molecule has 0 aliphatic carbocycles. The van der Waals surface area contributed by atoms with Crippen LogP contribution in [0.25, 0.3) is 0 Å². The third-order valence-corrected chi connectivity index (χ3v) is 3.54. The van der Waals surface area contributed by atoms with Crippen molar-refractivity contribution in [3.05, 3.63) is 0 Å². The standard InChI is InChI=1S/C10H18N3O9PS/c14-7(2-1-5(10(18)19)13-23(20,21)22)12-6(4-24)9(17)11-3-8(15)16/h5-6,24H,1-4H2,(H,11,17)(H,12,14)(H,15,16)(H,18,19)(H3,13,20,21,22)/t5-,6-/m0/s1. The van der Waals surface area contributed by atoms with Crippen LogP contribution in [0.15, 0.2) is 0 Å². The van der Waals surface area contributed by atoms with E-state index in [4.69, 9.17) is 20.0 Å². The van der Waals surface area contributed by atoms with Gasteiger partial charge in [0, 0.05) is 12.2 Å². The summed E-state index contributed by atoms with van der Waals surface area (Å²) in [4.78, 5) is 61.9. The molecule has 12 nitrogen and oxygen atoms in total. The molecule has 0 saturated heterocycles. The number of carbonyl (C=O) groups is 4. The van der Waals surface area contributed by atoms with Gasteiger partial charge in [0.25, 0.3) is 0 Å². The van der Waals surface area contributed by atoms with Crippen molar-refractivity contribution >= 4 is 44.1 Å². The third-order valence-electron chi connectivity index (χ3n) is 2.53. The second-order valence-corrected chi connectivity index (χ2v) is 6.23. The fourth-order valence-electron chi connectivity index (χ4n) is 1.47. The fraction of sp³-hybridized carbons (Fsp3) is 0.600. The van der Waals surface area contributed by atoms with Gasteiger partial charge < -0.3 is 30.6 Å². The Kier molecular flexibility index (Phi) is 9.55. The van der Waals surface area contributed by atoms with Crippen LogP contribution in [0, 0.1) is 0 Å². The zero-order valence-electron chi connectivity index (χ0n) is 12.2. The predicted molar refractivity (Wildman–Crippen MR) is 82.3 cm³/mol. The molecule has 0 aromatic heterocycles. The molecule has 0 spiro atoms. The number of carboxylic acids is 2. The molecular weight excluding hydrogens is 369 g/mol. The first-order valence-electron chi connectivity index (χ1n) is 6.42. The van der Waals surface area contributed by atoms with E-state index >= 15 is 0 Å². The fourth-order valence-corrected chi connectivity index (χ4v) is 2.37. The number of hydrogen-bond acceptors (Lipinski definition) is 6. The maximum absolute atomic E-state index is 11.7. The molecule has 0 rings (SSSR count). The molecule has 0 heterocycles. The van der Waals surface area contributed by atoms with Crippen molar-refractivity contribution in [3.8, 4) is 0 Å². The molecule has 0 aromatic carbocycles. The Hall–Kier alpha value is -1.66. The number of thiol groups is 1. The Balaban J connectivity index is 4.52. The summed E-state index contributed by atoms with van der Waals surface area (Å²) in [5.74, 6) is -4.53. The van der Waals surface area contributed by atoms with E-state index in [-0.39, 0.29) is 5.75 Å². The molecule has 0 unspecified atom stereocenters. The Labute approximate surface area is 141 Å². The van der Waals surface area contributed by atoms with Gasteiger partial charge in [-0.3, -0.25) is 19.2 Å². The summed E-state index contributed by atoms with van der Waals surface area (Å²) in [7, 11) is -4.80. The van der Waals surface area contributed by atoms with E-state index in [1.165, 1.54) is 0 Å². The number of amides is 2. The van der Waals surface area contributed by atoms with Gasteiger partial charge in [0.1, 0.15) is 18.6 Å². The Morgan fingerprint density at radius 2 is 1.67 bits per heavy atom. The largest absolute Gasteiger partial charge is 0.480 e. The summed E-state index contributed by atoms with van der Waals surface area (Å²) in [5.41, 5.74) is 0. The number of nitrogens with one attached hydrogen (secondary N) is 3. The van der Waals surface area contributed by atoms with E-state index < -0.39 is 63.0 Å². The monoisotopic (exact) mass is 387 g/mol. The van der Waals surface area contributed by atoms with Gasteiger partial charge in [-0.25, -0.2) is 9.65 Å². The molecule has 0 fully saturated rings. The maximum Gasteiger partial charge on any atom is 0.401 e. The van der Waals surface area contributed by atoms with E-state index in [1.54, 1.807) is 5.09 Å². The van der Waals surface area contributed by atoms with Gasteiger partial charge in [-0.2, -0.15) is 12.6 Å². The van der Waals surface area contributed by atoms with E-state index in [2.05, 4.69) is 17.9 Å². The zero-order chi connectivity index (χ0) is 18.9. The van der Waals surface area contributed by atoms with E-state index in [1.807, 2.05) is 5.32 Å². The van der Waals surface area contributed by atoms with Crippen molar-refractivity contribution in [1.82, 2.24) is 15.7 Å². The van der Waals surface area contributed by atoms with Gasteiger partial charge >= 0.3 is 19.7 Å². The average Bonchev–Trinajstić information content (AvgIpc) is 2.45. The van der Waals surface area contributed by atoms with E-state index in [9.17, 15) is 23.7 Å². The zero-order valence-corrected chi connectivity index (χ0v) is 14.0. The second-order valence-electron chi connectivity index (χ2n) is 4.52. The van der Waals surface area contributed by atoms with Crippen LogP contribution >= 0.6 is 20.4 Å². The number of hydrogen-bond donors (Lipinski definition) is 8. The first-order valence-corrected chi connectivity index (χ1v) is 8.66. The number of carbonyl (C=O) groups excluding carboxylic acids is 2. The van der Waals surface area contributed by atoms with Crippen LogP contribution in [0.3, 0.4) is 0 Å². The van der Waals surface area contributed by atoms with Crippen LogP contribution in [0.5, 0.6) is 0 Å². The summed E-state index contributed by atoms with van der Waals surface area (Å²) in [5, 5.41) is 23.1. The highest BCUT2D eigenvalue weighted by Crippen LogP contribution is 2.29. The summed E-state index contributed by atoms with van der Waals surface area (Å²) in [6, 6.07) is -2.80. The Morgan fingerprint density at radius 1 is 1.08 bits per heavy atom. The molecule has 0 saturated carbocycles. The highest BCUT2D eigenvalue weighted by Gasteiger charge is 2.27. The molecule has 0 aliphatic rings. The lowest BCUT2D eigenvalue weighted by atomic mass is 10.1. The molecule has 138 valence electrons. The maximum atomic E-state index is 11.7. The molecule has 2 amide bonds. The first kappa shape index (κ1) is 22.3. The van der Waals surface area contributed by atoms with Crippen molar-refractivity contribution in [2.75, 3.05) is 12.3 Å². The van der Waals surface area contributed by atoms with E-state index in [0.29, 0.717) is 0 Å². The minimum absolute atomic E-state index is 0.139. The number of aliphatic carboxylic acids is 2. The van der Waals surface area contributed by atoms with Gasteiger partial charge in [0.15, 0.2) is 0 Å². The minimum atomic E-state index is -4.80. The molecule has 0 aliphatic heterocycles. The summed E-state index contributed by atoms with van der Waals surface area (Å²) >= 11 is 3.84. The Morgan fingerprint density at radius 3 is 2.08 bits per heavy atom. The topological polar surface area (TPSA) is 202 Å². The van der Waals surface area contributed by atoms with Crippen LogP contribution in [-0.2, 0) is 23.7 Å². The third kappa shape index (κ3) is 10.2.